The van der Waals surface area contributed by atoms with E-state index in [4.69, 9.17) is 0 Å². The van der Waals surface area contributed by atoms with Crippen LogP contribution in [0.2, 0.25) is 0 Å². The van der Waals surface area contributed by atoms with E-state index in [2.05, 4.69) is 29.8 Å². The van der Waals surface area contributed by atoms with Crippen LogP contribution in [0.15, 0.2) is 18.2 Å². The number of urea groups is 2. The Kier molecular flexibility index (Phi) is 5.97. The van der Waals surface area contributed by atoms with E-state index in [9.17, 15) is 19.2 Å². The Bertz CT molecular complexity index is 1370. The van der Waals surface area contributed by atoms with Gasteiger partial charge >= 0.3 is 12.1 Å². The number of hydrogen-bond acceptors (Lipinski definition) is 5. The van der Waals surface area contributed by atoms with Crippen LogP contribution in [0.5, 0.6) is 0 Å². The summed E-state index contributed by atoms with van der Waals surface area (Å²) >= 11 is 1.76. The standard InChI is InChI=1S/C28H33N5O4S/c1-15-16(2)38-23-13-32(22(17-4-5-17)9-7-20(15)23)24(34)14-33-25(35)28(31-27(33)37)11-10-18-12-19(6-8-21(18)28)30-26(36)29-3/h6,8,12,17,22H,4-5,7,9-11,13-14H2,1-3H3,(H,31,37)(H2,29,30,36)/t22?,28-/m1/s1. The quantitative estimate of drug-likeness (QED) is 0.520. The van der Waals surface area contributed by atoms with Crippen molar-refractivity contribution in [2.24, 2.45) is 5.92 Å². The number of hydrogen-bond donors (Lipinski definition) is 3. The molecule has 2 aliphatic heterocycles. The van der Waals surface area contributed by atoms with Gasteiger partial charge in [-0.25, -0.2) is 9.59 Å². The first-order valence-corrected chi connectivity index (χ1v) is 14.2. The first-order chi connectivity index (χ1) is 18.2. The highest BCUT2D eigenvalue weighted by Gasteiger charge is 2.56. The molecule has 2 aliphatic carbocycles. The number of amides is 6. The van der Waals surface area contributed by atoms with Gasteiger partial charge in [-0.1, -0.05) is 6.07 Å². The molecular formula is C28H33N5O4S. The molecule has 1 spiro atoms. The van der Waals surface area contributed by atoms with Gasteiger partial charge in [-0.2, -0.15) is 0 Å². The van der Waals surface area contributed by atoms with E-state index in [-0.39, 0.29) is 30.4 Å². The molecule has 6 amide bonds. The number of thiophene rings is 1. The average molecular weight is 536 g/mol. The van der Waals surface area contributed by atoms with Crippen LogP contribution in [-0.2, 0) is 34.5 Å². The van der Waals surface area contributed by atoms with Crippen molar-refractivity contribution in [3.05, 3.63) is 50.2 Å². The lowest BCUT2D eigenvalue weighted by Crippen LogP contribution is -2.48. The fourth-order valence-corrected chi connectivity index (χ4v) is 7.68. The maximum atomic E-state index is 13.8. The van der Waals surface area contributed by atoms with Gasteiger partial charge in [0.15, 0.2) is 0 Å². The van der Waals surface area contributed by atoms with Gasteiger partial charge in [0, 0.05) is 28.5 Å². The van der Waals surface area contributed by atoms with Gasteiger partial charge in [0.1, 0.15) is 12.1 Å². The molecule has 38 heavy (non-hydrogen) atoms. The Hall–Kier alpha value is -3.40. The predicted molar refractivity (Wildman–Crippen MR) is 144 cm³/mol. The molecule has 1 saturated carbocycles. The Morgan fingerprint density at radius 1 is 1.16 bits per heavy atom. The summed E-state index contributed by atoms with van der Waals surface area (Å²) in [6.45, 7) is 4.59. The molecule has 2 aromatic rings. The monoisotopic (exact) mass is 535 g/mol. The highest BCUT2D eigenvalue weighted by molar-refractivity contribution is 7.12. The molecule has 10 heteroatoms. The fraction of sp³-hybridized carbons (Fsp3) is 0.500. The van der Waals surface area contributed by atoms with Crippen molar-refractivity contribution in [2.75, 3.05) is 18.9 Å². The number of anilines is 1. The number of fused-ring (bicyclic) bond motifs is 3. The summed E-state index contributed by atoms with van der Waals surface area (Å²) in [4.78, 5) is 57.9. The van der Waals surface area contributed by atoms with Crippen LogP contribution in [-0.4, -0.2) is 53.3 Å². The van der Waals surface area contributed by atoms with Crippen LogP contribution in [0, 0.1) is 19.8 Å². The van der Waals surface area contributed by atoms with Crippen molar-refractivity contribution in [3.63, 3.8) is 0 Å². The van der Waals surface area contributed by atoms with E-state index in [1.807, 2.05) is 11.0 Å². The first-order valence-electron chi connectivity index (χ1n) is 13.4. The highest BCUT2D eigenvalue weighted by Crippen LogP contribution is 2.44. The molecule has 4 aliphatic rings. The van der Waals surface area contributed by atoms with Gasteiger partial charge in [-0.05, 0) is 92.7 Å². The molecule has 3 N–H and O–H groups in total. The number of nitrogens with one attached hydrogen (secondary N) is 3. The van der Waals surface area contributed by atoms with E-state index in [0.29, 0.717) is 31.0 Å². The molecule has 0 radical (unpaired) electrons. The zero-order valence-corrected chi connectivity index (χ0v) is 22.8. The molecule has 0 bridgehead atoms. The van der Waals surface area contributed by atoms with E-state index < -0.39 is 11.6 Å². The average Bonchev–Trinajstić information content (AvgIpc) is 3.61. The molecular weight excluding hydrogens is 502 g/mol. The minimum atomic E-state index is -1.16. The number of carbonyl (C=O) groups excluding carboxylic acids is 4. The number of carbonyl (C=O) groups is 4. The molecule has 1 unspecified atom stereocenters. The predicted octanol–water partition coefficient (Wildman–Crippen LogP) is 3.56. The summed E-state index contributed by atoms with van der Waals surface area (Å²) in [7, 11) is 1.54. The van der Waals surface area contributed by atoms with Gasteiger partial charge in [0.2, 0.25) is 5.91 Å². The Balaban J connectivity index is 1.23. The minimum absolute atomic E-state index is 0.148. The van der Waals surface area contributed by atoms with Crippen LogP contribution in [0.25, 0.3) is 0 Å². The Morgan fingerprint density at radius 2 is 1.95 bits per heavy atom. The SMILES string of the molecule is CNC(=O)Nc1ccc2c(c1)CC[C@@]21NC(=O)N(CC(=O)N2Cc3sc(C)c(C)c3CCC2C2CC2)C1=O. The van der Waals surface area contributed by atoms with Crippen LogP contribution in [0.3, 0.4) is 0 Å². The Labute approximate surface area is 225 Å². The van der Waals surface area contributed by atoms with Gasteiger partial charge in [0.05, 0.1) is 6.54 Å². The molecule has 200 valence electrons. The van der Waals surface area contributed by atoms with Crippen LogP contribution >= 0.6 is 11.3 Å². The van der Waals surface area contributed by atoms with Gasteiger partial charge < -0.3 is 20.9 Å². The number of aryl methyl sites for hydroxylation is 2. The van der Waals surface area contributed by atoms with Crippen molar-refractivity contribution in [1.29, 1.82) is 0 Å². The molecule has 1 saturated heterocycles. The summed E-state index contributed by atoms with van der Waals surface area (Å²) in [6, 6.07) is 4.66. The molecule has 9 nitrogen and oxygen atoms in total. The number of nitrogens with zero attached hydrogens (tertiary/aromatic N) is 2. The lowest BCUT2D eigenvalue weighted by molar-refractivity contribution is -0.141. The van der Waals surface area contributed by atoms with Gasteiger partial charge in [-0.3, -0.25) is 14.5 Å². The fourth-order valence-electron chi connectivity index (χ4n) is 6.46. The van der Waals surface area contributed by atoms with Gasteiger partial charge in [-0.15, -0.1) is 11.3 Å². The lowest BCUT2D eigenvalue weighted by Gasteiger charge is -2.31. The third-order valence-electron chi connectivity index (χ3n) is 8.77. The van der Waals surface area contributed by atoms with Crippen molar-refractivity contribution >= 4 is 40.9 Å². The maximum absolute atomic E-state index is 13.8. The Morgan fingerprint density at radius 3 is 2.68 bits per heavy atom. The van der Waals surface area contributed by atoms with Crippen molar-refractivity contribution in [1.82, 2.24) is 20.4 Å². The molecule has 1 aromatic carbocycles. The van der Waals surface area contributed by atoms with E-state index >= 15 is 0 Å². The van der Waals surface area contributed by atoms with Crippen molar-refractivity contribution in [3.8, 4) is 0 Å². The molecule has 1 aromatic heterocycles. The largest absolute Gasteiger partial charge is 0.341 e. The second-order valence-corrected chi connectivity index (χ2v) is 12.3. The van der Waals surface area contributed by atoms with Crippen molar-refractivity contribution < 1.29 is 19.2 Å². The maximum Gasteiger partial charge on any atom is 0.325 e. The summed E-state index contributed by atoms with van der Waals surface area (Å²) < 4.78 is 0. The summed E-state index contributed by atoms with van der Waals surface area (Å²) in [5.41, 5.74) is 3.79. The second-order valence-electron chi connectivity index (χ2n) is 11.0. The molecule has 6 rings (SSSR count). The summed E-state index contributed by atoms with van der Waals surface area (Å²) in [5, 5.41) is 8.18. The summed E-state index contributed by atoms with van der Waals surface area (Å²) in [5.74, 6) is -0.0339. The van der Waals surface area contributed by atoms with E-state index in [1.165, 1.54) is 20.9 Å². The smallest absolute Gasteiger partial charge is 0.325 e. The normalized spacial score (nSPS) is 24.2. The third-order valence-corrected chi connectivity index (χ3v) is 10.0. The first kappa shape index (κ1) is 24.9. The highest BCUT2D eigenvalue weighted by atomic mass is 32.1. The van der Waals surface area contributed by atoms with E-state index in [0.717, 1.165) is 41.7 Å². The molecule has 3 heterocycles. The molecule has 2 fully saturated rings. The van der Waals surface area contributed by atoms with Crippen LogP contribution in [0.1, 0.15) is 57.7 Å². The third kappa shape index (κ3) is 3.97. The second kappa shape index (κ2) is 9.11. The molecule has 2 atom stereocenters. The zero-order chi connectivity index (χ0) is 26.8. The zero-order valence-electron chi connectivity index (χ0n) is 22.0. The van der Waals surface area contributed by atoms with Gasteiger partial charge in [0.25, 0.3) is 5.91 Å². The number of imide groups is 1. The van der Waals surface area contributed by atoms with Crippen molar-refractivity contribution in [2.45, 2.75) is 70.5 Å². The van der Waals surface area contributed by atoms with E-state index in [1.54, 1.807) is 30.5 Å². The van der Waals surface area contributed by atoms with Crippen LogP contribution < -0.4 is 16.0 Å². The lowest BCUT2D eigenvalue weighted by atomic mass is 9.91. The summed E-state index contributed by atoms with van der Waals surface area (Å²) in [6.07, 6.45) is 5.15. The van der Waals surface area contributed by atoms with Crippen LogP contribution in [0.4, 0.5) is 15.3 Å². The minimum Gasteiger partial charge on any atom is -0.341 e. The topological polar surface area (TPSA) is 111 Å². The number of benzene rings is 1. The number of rotatable bonds is 4.